The van der Waals surface area contributed by atoms with Crippen LogP contribution in [0, 0.1) is 0 Å². The molecule has 0 aromatic carbocycles. The van der Waals surface area contributed by atoms with Gasteiger partial charge in [-0.25, -0.2) is 4.98 Å². The molecule has 1 aliphatic rings. The molecule has 0 spiro atoms. The number of carbonyl (C=O) groups excluding carboxylic acids is 1. The zero-order chi connectivity index (χ0) is 8.72. The van der Waals surface area contributed by atoms with Gasteiger partial charge in [0.15, 0.2) is 0 Å². The summed E-state index contributed by atoms with van der Waals surface area (Å²) < 4.78 is 0. The van der Waals surface area contributed by atoms with E-state index in [1.165, 1.54) is 11.3 Å². The summed E-state index contributed by atoms with van der Waals surface area (Å²) in [7, 11) is 1.98. The molecule has 1 aromatic rings. The van der Waals surface area contributed by atoms with Gasteiger partial charge in [0, 0.05) is 18.0 Å². The van der Waals surface area contributed by atoms with Crippen LogP contribution in [0.4, 0.5) is 0 Å². The molecule has 0 radical (unpaired) electrons. The van der Waals surface area contributed by atoms with E-state index < -0.39 is 5.97 Å². The molecule has 0 saturated carbocycles. The fourth-order valence-electron chi connectivity index (χ4n) is 1.27. The third-order valence-corrected chi connectivity index (χ3v) is 2.85. The van der Waals surface area contributed by atoms with Gasteiger partial charge < -0.3 is 9.90 Å². The van der Waals surface area contributed by atoms with E-state index in [-0.39, 0.29) is 23.9 Å². The molecular weight excluding hydrogens is 183 g/mol. The van der Waals surface area contributed by atoms with Crippen molar-refractivity contribution < 1.29 is 28.8 Å². The van der Waals surface area contributed by atoms with Crippen LogP contribution in [-0.2, 0) is 13.1 Å². The molecule has 4 nitrogen and oxygen atoms in total. The van der Waals surface area contributed by atoms with Crippen molar-refractivity contribution in [1.29, 1.82) is 0 Å². The Morgan fingerprint density at radius 3 is 2.85 bits per heavy atom. The number of carboxylic acid groups (broad SMARTS) is 1. The van der Waals surface area contributed by atoms with Gasteiger partial charge in [0.25, 0.3) is 0 Å². The smallest absolute Gasteiger partial charge is 0.542 e. The second kappa shape index (κ2) is 3.80. The number of fused-ring (bicyclic) bond motifs is 1. The third kappa shape index (κ3) is 1.94. The van der Waals surface area contributed by atoms with E-state index in [1.807, 2.05) is 7.05 Å². The third-order valence-electron chi connectivity index (χ3n) is 1.79. The van der Waals surface area contributed by atoms with Gasteiger partial charge in [0.2, 0.25) is 0 Å². The largest absolute Gasteiger partial charge is 1.00 e. The number of hydrogen-bond acceptors (Lipinski definition) is 5. The average molecular weight is 190 g/mol. The zero-order valence-corrected chi connectivity index (χ0v) is 8.35. The molecule has 0 atom stereocenters. The topological polar surface area (TPSA) is 56.3 Å². The number of aromatic carboxylic acids is 1. The summed E-state index contributed by atoms with van der Waals surface area (Å²) >= 11 is 1.22. The van der Waals surface area contributed by atoms with Crippen molar-refractivity contribution >= 4 is 17.3 Å². The number of rotatable bonds is 1. The predicted molar refractivity (Wildman–Crippen MR) is 41.6 cm³/mol. The SMILES string of the molecule is CN1Cc2nc(C(=O)[O-])sc2C1.[Li+]. The Morgan fingerprint density at radius 1 is 1.62 bits per heavy atom. The predicted octanol–water partition coefficient (Wildman–Crippen LogP) is -3.54. The molecule has 1 aliphatic heterocycles. The summed E-state index contributed by atoms with van der Waals surface area (Å²) in [5.41, 5.74) is 0.890. The Morgan fingerprint density at radius 2 is 2.31 bits per heavy atom. The van der Waals surface area contributed by atoms with Gasteiger partial charge in [-0.05, 0) is 7.05 Å². The van der Waals surface area contributed by atoms with Crippen LogP contribution in [0.25, 0.3) is 0 Å². The molecule has 13 heavy (non-hydrogen) atoms. The van der Waals surface area contributed by atoms with Crippen molar-refractivity contribution in [3.8, 4) is 0 Å². The van der Waals surface area contributed by atoms with Crippen LogP contribution in [0.15, 0.2) is 0 Å². The van der Waals surface area contributed by atoms with E-state index in [2.05, 4.69) is 9.88 Å². The van der Waals surface area contributed by atoms with Crippen molar-refractivity contribution in [1.82, 2.24) is 9.88 Å². The Bertz CT molecular complexity index is 316. The molecule has 0 fully saturated rings. The van der Waals surface area contributed by atoms with Crippen LogP contribution >= 0.6 is 11.3 Å². The first kappa shape index (κ1) is 10.7. The summed E-state index contributed by atoms with van der Waals surface area (Å²) in [6.45, 7) is 1.55. The van der Waals surface area contributed by atoms with Crippen LogP contribution < -0.4 is 24.0 Å². The summed E-state index contributed by atoms with van der Waals surface area (Å²) in [5.74, 6) is -1.17. The second-order valence-electron chi connectivity index (χ2n) is 2.85. The van der Waals surface area contributed by atoms with Crippen molar-refractivity contribution in [3.05, 3.63) is 15.6 Å². The molecule has 6 heteroatoms. The monoisotopic (exact) mass is 190 g/mol. The average Bonchev–Trinajstić information content (AvgIpc) is 2.42. The molecule has 0 saturated heterocycles. The Hall–Kier alpha value is -0.343. The molecule has 2 heterocycles. The van der Waals surface area contributed by atoms with Crippen LogP contribution in [0.5, 0.6) is 0 Å². The minimum atomic E-state index is -1.17. The molecule has 0 N–H and O–H groups in total. The van der Waals surface area contributed by atoms with E-state index in [1.54, 1.807) is 0 Å². The molecule has 0 bridgehead atoms. The first-order valence-corrected chi connectivity index (χ1v) is 4.37. The van der Waals surface area contributed by atoms with Crippen molar-refractivity contribution in [2.75, 3.05) is 7.05 Å². The second-order valence-corrected chi connectivity index (χ2v) is 3.93. The van der Waals surface area contributed by atoms with Gasteiger partial charge in [-0.15, -0.1) is 11.3 Å². The first-order chi connectivity index (χ1) is 5.66. The summed E-state index contributed by atoms with van der Waals surface area (Å²) in [6.07, 6.45) is 0. The normalized spacial score (nSPS) is 15.2. The quantitative estimate of drug-likeness (QED) is 0.430. The number of hydrogen-bond donors (Lipinski definition) is 0. The number of aromatic nitrogens is 1. The van der Waals surface area contributed by atoms with Gasteiger partial charge in [0.1, 0.15) is 11.0 Å². The van der Waals surface area contributed by atoms with Gasteiger partial charge in [-0.3, -0.25) is 4.90 Å². The van der Waals surface area contributed by atoms with E-state index in [0.29, 0.717) is 0 Å². The van der Waals surface area contributed by atoms with E-state index in [0.717, 1.165) is 23.7 Å². The van der Waals surface area contributed by atoms with Crippen LogP contribution in [0.2, 0.25) is 0 Å². The Labute approximate surface area is 91.8 Å². The maximum atomic E-state index is 10.4. The van der Waals surface area contributed by atoms with Crippen molar-refractivity contribution in [3.63, 3.8) is 0 Å². The molecular formula is C7H7LiN2O2S. The number of carbonyl (C=O) groups is 1. The van der Waals surface area contributed by atoms with E-state index in [9.17, 15) is 9.90 Å². The maximum absolute atomic E-state index is 10.4. The number of thiazole rings is 1. The molecule has 0 amide bonds. The summed E-state index contributed by atoms with van der Waals surface area (Å²) in [4.78, 5) is 17.5. The van der Waals surface area contributed by atoms with E-state index >= 15 is 0 Å². The fourth-order valence-corrected chi connectivity index (χ4v) is 2.26. The number of carboxylic acids is 1. The number of nitrogens with zero attached hydrogens (tertiary/aromatic N) is 2. The fraction of sp³-hybridized carbons (Fsp3) is 0.429. The minimum absolute atomic E-state index is 0. The van der Waals surface area contributed by atoms with E-state index in [4.69, 9.17) is 0 Å². The first-order valence-electron chi connectivity index (χ1n) is 3.55. The molecule has 2 rings (SSSR count). The van der Waals surface area contributed by atoms with Crippen LogP contribution in [0.1, 0.15) is 20.4 Å². The van der Waals surface area contributed by atoms with Gasteiger partial charge in [0.05, 0.1) is 5.69 Å². The maximum Gasteiger partial charge on any atom is 1.00 e. The molecule has 0 unspecified atom stereocenters. The van der Waals surface area contributed by atoms with Crippen LogP contribution in [0.3, 0.4) is 0 Å². The Kier molecular flexibility index (Phi) is 3.14. The van der Waals surface area contributed by atoms with Gasteiger partial charge >= 0.3 is 18.9 Å². The van der Waals surface area contributed by atoms with Crippen molar-refractivity contribution in [2.45, 2.75) is 13.1 Å². The van der Waals surface area contributed by atoms with Crippen molar-refractivity contribution in [2.24, 2.45) is 0 Å². The zero-order valence-electron chi connectivity index (χ0n) is 7.53. The van der Waals surface area contributed by atoms with Gasteiger partial charge in [-0.2, -0.15) is 0 Å². The molecule has 0 aliphatic carbocycles. The summed E-state index contributed by atoms with van der Waals surface area (Å²) in [6, 6.07) is 0. The summed E-state index contributed by atoms with van der Waals surface area (Å²) in [5, 5.41) is 10.5. The van der Waals surface area contributed by atoms with Gasteiger partial charge in [-0.1, -0.05) is 0 Å². The van der Waals surface area contributed by atoms with Crippen LogP contribution in [-0.4, -0.2) is 22.9 Å². The standard InChI is InChI=1S/C7H8N2O2S.Li/c1-9-2-4-5(3-9)12-6(8-4)7(10)11;/h2-3H2,1H3,(H,10,11);/q;+1/p-1. The molecule has 1 aromatic heterocycles. The molecule has 64 valence electrons. The Balaban J connectivity index is 0.000000845. The minimum Gasteiger partial charge on any atom is -0.542 e.